The molecule has 100 valence electrons. The topological polar surface area (TPSA) is 78.0 Å². The zero-order valence-corrected chi connectivity index (χ0v) is 11.5. The van der Waals surface area contributed by atoms with E-state index in [0.29, 0.717) is 11.6 Å². The van der Waals surface area contributed by atoms with Crippen LogP contribution in [0.3, 0.4) is 0 Å². The molecule has 2 N–H and O–H groups in total. The van der Waals surface area contributed by atoms with E-state index < -0.39 is 9.84 Å². The molecule has 2 unspecified atom stereocenters. The van der Waals surface area contributed by atoms with Crippen molar-refractivity contribution in [1.29, 1.82) is 0 Å². The van der Waals surface area contributed by atoms with E-state index in [9.17, 15) is 8.42 Å². The van der Waals surface area contributed by atoms with Crippen molar-refractivity contribution in [2.75, 3.05) is 11.5 Å². The molecule has 0 saturated carbocycles. The molecule has 0 aliphatic carbocycles. The Hall–Kier alpha value is -0.590. The van der Waals surface area contributed by atoms with Crippen molar-refractivity contribution in [3.05, 3.63) is 16.7 Å². The van der Waals surface area contributed by atoms with Gasteiger partial charge in [0.15, 0.2) is 15.0 Å². The van der Waals surface area contributed by atoms with Crippen LogP contribution in [0, 0.1) is 0 Å². The fraction of sp³-hybridized carbons (Fsp3) is 0.727. The van der Waals surface area contributed by atoms with Crippen molar-refractivity contribution >= 4 is 21.4 Å². The van der Waals surface area contributed by atoms with Gasteiger partial charge in [-0.25, -0.2) is 13.4 Å². The molecule has 1 saturated heterocycles. The first-order valence-corrected chi connectivity index (χ1v) is 8.40. The number of hydrogen-bond acceptors (Lipinski definition) is 4. The molecule has 2 aliphatic heterocycles. The van der Waals surface area contributed by atoms with Gasteiger partial charge in [-0.05, 0) is 25.7 Å². The Labute approximate surface area is 111 Å². The van der Waals surface area contributed by atoms with Gasteiger partial charge in [0, 0.05) is 5.92 Å². The summed E-state index contributed by atoms with van der Waals surface area (Å²) in [6.07, 6.45) is 3.29. The highest BCUT2D eigenvalue weighted by Crippen LogP contribution is 2.35. The van der Waals surface area contributed by atoms with Crippen molar-refractivity contribution in [3.63, 3.8) is 0 Å². The summed E-state index contributed by atoms with van der Waals surface area (Å²) in [6, 6.07) is 0. The van der Waals surface area contributed by atoms with Crippen LogP contribution in [0.2, 0.25) is 5.15 Å². The number of imidazole rings is 1. The molecule has 1 aromatic heterocycles. The zero-order valence-electron chi connectivity index (χ0n) is 9.97. The molecule has 18 heavy (non-hydrogen) atoms. The van der Waals surface area contributed by atoms with Crippen molar-refractivity contribution in [3.8, 4) is 0 Å². The summed E-state index contributed by atoms with van der Waals surface area (Å²) in [7, 11) is -2.92. The smallest absolute Gasteiger partial charge is 0.151 e. The van der Waals surface area contributed by atoms with Gasteiger partial charge in [0.25, 0.3) is 0 Å². The Bertz CT molecular complexity index is 581. The molecule has 3 rings (SSSR count). The first-order chi connectivity index (χ1) is 8.48. The minimum Gasteiger partial charge on any atom is -0.314 e. The van der Waals surface area contributed by atoms with Crippen LogP contribution in [0.1, 0.15) is 42.9 Å². The quantitative estimate of drug-likeness (QED) is 0.843. The van der Waals surface area contributed by atoms with E-state index in [4.69, 9.17) is 17.3 Å². The lowest BCUT2D eigenvalue weighted by Crippen LogP contribution is -2.27. The summed E-state index contributed by atoms with van der Waals surface area (Å²) in [4.78, 5) is 4.37. The predicted molar refractivity (Wildman–Crippen MR) is 69.4 cm³/mol. The van der Waals surface area contributed by atoms with Gasteiger partial charge in [-0.2, -0.15) is 0 Å². The molecule has 0 spiro atoms. The van der Waals surface area contributed by atoms with Crippen LogP contribution < -0.4 is 5.73 Å². The van der Waals surface area contributed by atoms with Crippen LogP contribution in [0.15, 0.2) is 0 Å². The summed E-state index contributed by atoms with van der Waals surface area (Å²) in [6.45, 7) is 0. The Kier molecular flexibility index (Phi) is 2.91. The predicted octanol–water partition coefficient (Wildman–Crippen LogP) is 1.23. The molecule has 1 aromatic rings. The van der Waals surface area contributed by atoms with Gasteiger partial charge in [-0.1, -0.05) is 11.6 Å². The Morgan fingerprint density at radius 2 is 2.17 bits per heavy atom. The van der Waals surface area contributed by atoms with E-state index in [-0.39, 0.29) is 23.6 Å². The Morgan fingerprint density at radius 3 is 2.83 bits per heavy atom. The monoisotopic (exact) mass is 289 g/mol. The molecule has 3 heterocycles. The van der Waals surface area contributed by atoms with Crippen LogP contribution in [0.25, 0.3) is 0 Å². The molecule has 0 aromatic carbocycles. The molecule has 5 nitrogen and oxygen atoms in total. The molecular formula is C11H16ClN3O2S. The number of halogens is 1. The lowest BCUT2D eigenvalue weighted by Gasteiger charge is -2.25. The molecule has 0 bridgehead atoms. The summed E-state index contributed by atoms with van der Waals surface area (Å²) in [5.41, 5.74) is 7.08. The summed E-state index contributed by atoms with van der Waals surface area (Å²) in [5.74, 6) is 1.13. The first-order valence-electron chi connectivity index (χ1n) is 6.20. The minimum absolute atomic E-state index is 0.0506. The molecule has 0 amide bonds. The summed E-state index contributed by atoms with van der Waals surface area (Å²) in [5, 5.41) is 0.490. The third-order valence-electron chi connectivity index (χ3n) is 3.83. The second-order valence-corrected chi connectivity index (χ2v) is 7.72. The summed E-state index contributed by atoms with van der Waals surface area (Å²) < 4.78 is 25.1. The number of rotatable bonds is 1. The van der Waals surface area contributed by atoms with Gasteiger partial charge in [-0.15, -0.1) is 0 Å². The van der Waals surface area contributed by atoms with E-state index in [1.54, 1.807) is 0 Å². The van der Waals surface area contributed by atoms with E-state index in [0.717, 1.165) is 30.8 Å². The van der Waals surface area contributed by atoms with Gasteiger partial charge < -0.3 is 10.3 Å². The average molecular weight is 290 g/mol. The average Bonchev–Trinajstić information content (AvgIpc) is 2.81. The Morgan fingerprint density at radius 1 is 1.39 bits per heavy atom. The van der Waals surface area contributed by atoms with E-state index >= 15 is 0 Å². The summed E-state index contributed by atoms with van der Waals surface area (Å²) >= 11 is 6.14. The van der Waals surface area contributed by atoms with Crippen LogP contribution in [-0.2, 0) is 16.3 Å². The lowest BCUT2D eigenvalue weighted by atomic mass is 10.1. The third-order valence-corrected chi connectivity index (χ3v) is 5.90. The Balaban J connectivity index is 2.03. The maximum Gasteiger partial charge on any atom is 0.151 e. The number of nitrogens with two attached hydrogens (primary N) is 1. The highest BCUT2D eigenvalue weighted by molar-refractivity contribution is 7.91. The van der Waals surface area contributed by atoms with E-state index in [2.05, 4.69) is 4.98 Å². The molecule has 1 fully saturated rings. The fourth-order valence-corrected chi connectivity index (χ4v) is 4.96. The maximum atomic E-state index is 11.6. The van der Waals surface area contributed by atoms with Gasteiger partial charge in [0.2, 0.25) is 0 Å². The van der Waals surface area contributed by atoms with Crippen LogP contribution in [0.4, 0.5) is 0 Å². The first kappa shape index (κ1) is 12.4. The highest BCUT2D eigenvalue weighted by Gasteiger charge is 2.35. The molecule has 7 heteroatoms. The van der Waals surface area contributed by atoms with Crippen molar-refractivity contribution in [2.24, 2.45) is 5.73 Å². The highest BCUT2D eigenvalue weighted by atomic mass is 35.5. The van der Waals surface area contributed by atoms with Crippen molar-refractivity contribution < 1.29 is 8.42 Å². The molecular weight excluding hydrogens is 274 g/mol. The normalized spacial score (nSPS) is 30.3. The number of sulfone groups is 1. The van der Waals surface area contributed by atoms with Gasteiger partial charge in [0.05, 0.1) is 23.4 Å². The van der Waals surface area contributed by atoms with Crippen molar-refractivity contribution in [1.82, 2.24) is 9.55 Å². The van der Waals surface area contributed by atoms with Crippen LogP contribution in [0.5, 0.6) is 0 Å². The molecule has 2 atom stereocenters. The second kappa shape index (κ2) is 4.21. The fourth-order valence-electron chi connectivity index (χ4n) is 2.94. The van der Waals surface area contributed by atoms with Gasteiger partial charge in [-0.3, -0.25) is 0 Å². The van der Waals surface area contributed by atoms with Gasteiger partial charge in [0.1, 0.15) is 5.82 Å². The van der Waals surface area contributed by atoms with Crippen molar-refractivity contribution in [2.45, 2.75) is 37.8 Å². The molecule has 0 radical (unpaired) electrons. The standard InChI is InChI=1S/C11H16ClN3O2S/c12-10-8-2-1-3-9(13)15(8)11(14-10)7-4-5-18(16,17)6-7/h7,9H,1-6,13H2. The third kappa shape index (κ3) is 1.96. The van der Waals surface area contributed by atoms with E-state index in [1.165, 1.54) is 0 Å². The zero-order chi connectivity index (χ0) is 12.9. The minimum atomic E-state index is -2.92. The molecule has 2 aliphatic rings. The van der Waals surface area contributed by atoms with Crippen LogP contribution in [-0.4, -0.2) is 29.5 Å². The maximum absolute atomic E-state index is 11.6. The number of aromatic nitrogens is 2. The SMILES string of the molecule is NC1CCCc2c(Cl)nc(C3CCS(=O)(=O)C3)n21. The van der Waals surface area contributed by atoms with E-state index in [1.807, 2.05) is 4.57 Å². The lowest BCUT2D eigenvalue weighted by molar-refractivity contribution is 0.394. The van der Waals surface area contributed by atoms with Crippen LogP contribution >= 0.6 is 11.6 Å². The van der Waals surface area contributed by atoms with Gasteiger partial charge >= 0.3 is 0 Å². The number of hydrogen-bond donors (Lipinski definition) is 1. The largest absolute Gasteiger partial charge is 0.314 e. The second-order valence-electron chi connectivity index (χ2n) is 5.14. The number of fused-ring (bicyclic) bond motifs is 1. The number of nitrogens with zero attached hydrogens (tertiary/aromatic N) is 2.